The maximum atomic E-state index is 11.5. The first kappa shape index (κ1) is 23.2. The Kier molecular flexibility index (Phi) is 9.10. The molecule has 1 unspecified atom stereocenters. The number of carbonyl (C=O) groups is 1. The molecular weight excluding hydrogens is 372 g/mol. The van der Waals surface area contributed by atoms with Gasteiger partial charge in [-0.25, -0.2) is 4.79 Å². The summed E-state index contributed by atoms with van der Waals surface area (Å²) in [5.41, 5.74) is 5.70. The highest BCUT2D eigenvalue weighted by Gasteiger charge is 2.11. The molecule has 4 heteroatoms. The van der Waals surface area contributed by atoms with Crippen LogP contribution < -0.4 is 10.6 Å². The molecule has 2 aromatic rings. The van der Waals surface area contributed by atoms with Crippen LogP contribution >= 0.6 is 0 Å². The van der Waals surface area contributed by atoms with Gasteiger partial charge in [0.1, 0.15) is 0 Å². The molecule has 4 nitrogen and oxygen atoms in total. The molecule has 0 aliphatic heterocycles. The van der Waals surface area contributed by atoms with Gasteiger partial charge in [0.2, 0.25) is 0 Å². The van der Waals surface area contributed by atoms with Crippen molar-refractivity contribution >= 4 is 5.97 Å². The third-order valence-electron chi connectivity index (χ3n) is 4.97. The number of allylic oxidation sites excluding steroid dienone is 3. The van der Waals surface area contributed by atoms with Crippen LogP contribution in [0.5, 0.6) is 0 Å². The van der Waals surface area contributed by atoms with E-state index in [4.69, 9.17) is 0 Å². The zero-order chi connectivity index (χ0) is 21.9. The van der Waals surface area contributed by atoms with Gasteiger partial charge in [0.25, 0.3) is 0 Å². The molecule has 2 rings (SSSR count). The Bertz CT molecular complexity index is 911. The Morgan fingerprint density at radius 1 is 1.17 bits per heavy atom. The summed E-state index contributed by atoms with van der Waals surface area (Å²) in [7, 11) is 1.96. The molecule has 0 aliphatic carbocycles. The highest BCUT2D eigenvalue weighted by atomic mass is 16.4. The number of carboxylic acid groups (broad SMARTS) is 1. The fourth-order valence-electron chi connectivity index (χ4n) is 3.36. The molecule has 0 amide bonds. The number of hydrogen-bond donors (Lipinski definition) is 3. The lowest BCUT2D eigenvalue weighted by Crippen LogP contribution is -2.26. The Hall–Kier alpha value is -3.11. The van der Waals surface area contributed by atoms with Gasteiger partial charge in [-0.05, 0) is 62.1 Å². The van der Waals surface area contributed by atoms with E-state index >= 15 is 0 Å². The fourth-order valence-corrected chi connectivity index (χ4v) is 3.36. The zero-order valence-electron chi connectivity index (χ0n) is 18.1. The minimum Gasteiger partial charge on any atom is -0.478 e. The fraction of sp³-hybridized carbons (Fsp3) is 0.269. The average molecular weight is 405 g/mol. The van der Waals surface area contributed by atoms with Gasteiger partial charge < -0.3 is 15.7 Å². The number of nitrogens with one attached hydrogen (secondary N) is 2. The molecule has 0 saturated carbocycles. The van der Waals surface area contributed by atoms with Crippen molar-refractivity contribution in [3.05, 3.63) is 95.7 Å². The minimum atomic E-state index is -0.909. The molecule has 2 aromatic carbocycles. The van der Waals surface area contributed by atoms with Crippen molar-refractivity contribution in [2.24, 2.45) is 0 Å². The third-order valence-corrected chi connectivity index (χ3v) is 4.97. The summed E-state index contributed by atoms with van der Waals surface area (Å²) in [6.45, 7) is 8.92. The summed E-state index contributed by atoms with van der Waals surface area (Å²) in [5.74, 6) is -0.909. The molecule has 1 atom stereocenters. The van der Waals surface area contributed by atoms with Crippen LogP contribution in [0.25, 0.3) is 11.1 Å². The molecule has 0 fully saturated rings. The standard InChI is InChI=1S/C26H32N2O2/c1-5-6-9-20(3)28-25(16-17-27-4)19(2)18-21-12-14-22(15-13-21)23-10-7-8-11-24(23)26(29)30/h5-15,20,27-28H,1,16-18H2,2-4H3,(H,29,30)/b9-6-,25-19+. The molecular formula is C26H32N2O2. The molecule has 3 N–H and O–H groups in total. The first-order valence-corrected chi connectivity index (χ1v) is 10.3. The Morgan fingerprint density at radius 2 is 1.87 bits per heavy atom. The van der Waals surface area contributed by atoms with Crippen LogP contribution in [0, 0.1) is 0 Å². The van der Waals surface area contributed by atoms with Crippen LogP contribution in [-0.4, -0.2) is 30.7 Å². The van der Waals surface area contributed by atoms with E-state index < -0.39 is 5.97 Å². The normalized spacial score (nSPS) is 13.0. The van der Waals surface area contributed by atoms with Gasteiger partial charge in [-0.3, -0.25) is 0 Å². The Balaban J connectivity index is 2.21. The van der Waals surface area contributed by atoms with Crippen molar-refractivity contribution in [3.63, 3.8) is 0 Å². The van der Waals surface area contributed by atoms with Gasteiger partial charge in [-0.1, -0.05) is 67.3 Å². The van der Waals surface area contributed by atoms with Gasteiger partial charge in [0.05, 0.1) is 5.56 Å². The molecule has 0 aromatic heterocycles. The largest absolute Gasteiger partial charge is 0.478 e. The molecule has 0 radical (unpaired) electrons. The maximum absolute atomic E-state index is 11.5. The SMILES string of the molecule is C=C/C=C\C(C)N/C(CCNC)=C(\C)Cc1ccc(-c2ccccc2C(=O)O)cc1. The quantitative estimate of drug-likeness (QED) is 0.451. The summed E-state index contributed by atoms with van der Waals surface area (Å²) >= 11 is 0. The monoisotopic (exact) mass is 404 g/mol. The minimum absolute atomic E-state index is 0.222. The second-order valence-corrected chi connectivity index (χ2v) is 7.39. The number of aromatic carboxylic acids is 1. The van der Waals surface area contributed by atoms with Crippen LogP contribution in [0.15, 0.2) is 84.6 Å². The third kappa shape index (κ3) is 6.75. The van der Waals surface area contributed by atoms with E-state index in [-0.39, 0.29) is 6.04 Å². The smallest absolute Gasteiger partial charge is 0.336 e. The number of carboxylic acids is 1. The summed E-state index contributed by atoms with van der Waals surface area (Å²) in [6, 6.07) is 15.5. The number of benzene rings is 2. The van der Waals surface area contributed by atoms with Crippen molar-refractivity contribution in [1.29, 1.82) is 0 Å². The number of rotatable bonds is 11. The second-order valence-electron chi connectivity index (χ2n) is 7.39. The summed E-state index contributed by atoms with van der Waals surface area (Å²) in [5, 5.41) is 16.3. The van der Waals surface area contributed by atoms with E-state index in [1.54, 1.807) is 18.2 Å². The van der Waals surface area contributed by atoms with Crippen molar-refractivity contribution in [2.75, 3.05) is 13.6 Å². The second kappa shape index (κ2) is 11.8. The Labute approximate surface area is 180 Å². The highest BCUT2D eigenvalue weighted by Crippen LogP contribution is 2.25. The first-order valence-electron chi connectivity index (χ1n) is 10.3. The van der Waals surface area contributed by atoms with Gasteiger partial charge in [0.15, 0.2) is 0 Å². The van der Waals surface area contributed by atoms with Crippen LogP contribution in [0.2, 0.25) is 0 Å². The van der Waals surface area contributed by atoms with Gasteiger partial charge in [0, 0.05) is 18.3 Å². The van der Waals surface area contributed by atoms with E-state index in [9.17, 15) is 9.90 Å². The lowest BCUT2D eigenvalue weighted by molar-refractivity contribution is 0.0697. The van der Waals surface area contributed by atoms with E-state index in [0.717, 1.165) is 30.5 Å². The van der Waals surface area contributed by atoms with Crippen molar-refractivity contribution < 1.29 is 9.90 Å². The number of hydrogen-bond acceptors (Lipinski definition) is 3. The van der Waals surface area contributed by atoms with Gasteiger partial charge >= 0.3 is 5.97 Å². The van der Waals surface area contributed by atoms with Crippen molar-refractivity contribution in [2.45, 2.75) is 32.7 Å². The summed E-state index contributed by atoms with van der Waals surface area (Å²) < 4.78 is 0. The van der Waals surface area contributed by atoms with Crippen molar-refractivity contribution in [1.82, 2.24) is 10.6 Å². The van der Waals surface area contributed by atoms with E-state index in [0.29, 0.717) is 5.56 Å². The van der Waals surface area contributed by atoms with Gasteiger partial charge in [-0.15, -0.1) is 0 Å². The highest BCUT2D eigenvalue weighted by molar-refractivity contribution is 5.95. The van der Waals surface area contributed by atoms with Crippen molar-refractivity contribution in [3.8, 4) is 11.1 Å². The van der Waals surface area contributed by atoms with Crippen LogP contribution in [0.4, 0.5) is 0 Å². The lowest BCUT2D eigenvalue weighted by atomic mass is 9.96. The maximum Gasteiger partial charge on any atom is 0.336 e. The van der Waals surface area contributed by atoms with E-state index in [1.807, 2.05) is 37.4 Å². The topological polar surface area (TPSA) is 61.4 Å². The summed E-state index contributed by atoms with van der Waals surface area (Å²) in [6.07, 6.45) is 7.60. The van der Waals surface area contributed by atoms with E-state index in [2.05, 4.69) is 49.3 Å². The molecule has 158 valence electrons. The predicted octanol–water partition coefficient (Wildman–Crippen LogP) is 5.20. The molecule has 30 heavy (non-hydrogen) atoms. The molecule has 0 aliphatic rings. The molecule has 0 bridgehead atoms. The molecule has 0 heterocycles. The van der Waals surface area contributed by atoms with Gasteiger partial charge in [-0.2, -0.15) is 0 Å². The van der Waals surface area contributed by atoms with E-state index in [1.165, 1.54) is 16.8 Å². The Morgan fingerprint density at radius 3 is 2.50 bits per heavy atom. The predicted molar refractivity (Wildman–Crippen MR) is 126 cm³/mol. The first-order chi connectivity index (χ1) is 14.5. The van der Waals surface area contributed by atoms with Crippen LogP contribution in [0.3, 0.4) is 0 Å². The summed E-state index contributed by atoms with van der Waals surface area (Å²) in [4.78, 5) is 11.5. The molecule has 0 spiro atoms. The lowest BCUT2D eigenvalue weighted by Gasteiger charge is -2.19. The van der Waals surface area contributed by atoms with Crippen LogP contribution in [0.1, 0.15) is 36.2 Å². The van der Waals surface area contributed by atoms with Crippen LogP contribution in [-0.2, 0) is 6.42 Å². The average Bonchev–Trinajstić information content (AvgIpc) is 2.75. The zero-order valence-corrected chi connectivity index (χ0v) is 18.1. The molecule has 0 saturated heterocycles.